The molecule has 12 rings (SSSR count). The molecule has 0 unspecified atom stereocenters. The molecule has 0 fully saturated rings. The highest BCUT2D eigenvalue weighted by Crippen LogP contribution is 2.51. The fourth-order valence-electron chi connectivity index (χ4n) is 9.28. The minimum absolute atomic E-state index is 1.00. The number of hydrogen-bond donors (Lipinski definition) is 1. The Hall–Kier alpha value is -6.16. The zero-order chi connectivity index (χ0) is 35.2. The molecule has 1 aliphatic carbocycles. The summed E-state index contributed by atoms with van der Waals surface area (Å²) in [6.45, 7) is 4.00. The van der Waals surface area contributed by atoms with E-state index in [1.165, 1.54) is 114 Å². The third-order valence-electron chi connectivity index (χ3n) is 11.4. The number of hydrogen-bond acceptors (Lipinski definition) is 1. The molecule has 3 heteroatoms. The molecule has 3 heterocycles. The number of aromatic amines is 1. The van der Waals surface area contributed by atoms with E-state index in [9.17, 15) is 0 Å². The second-order valence-electron chi connectivity index (χ2n) is 14.0. The van der Waals surface area contributed by atoms with Gasteiger partial charge in [0.1, 0.15) is 0 Å². The third-order valence-corrected chi connectivity index (χ3v) is 12.7. The van der Waals surface area contributed by atoms with Crippen molar-refractivity contribution in [3.8, 4) is 28.1 Å². The van der Waals surface area contributed by atoms with E-state index in [2.05, 4.69) is 161 Å². The number of thiophene rings is 1. The van der Waals surface area contributed by atoms with Crippen LogP contribution in [0, 0.1) is 0 Å². The number of rotatable bonds is 2. The molecule has 0 saturated heterocycles. The van der Waals surface area contributed by atoms with Gasteiger partial charge in [0.25, 0.3) is 0 Å². The van der Waals surface area contributed by atoms with Crippen molar-refractivity contribution in [2.24, 2.45) is 0 Å². The van der Waals surface area contributed by atoms with E-state index >= 15 is 0 Å². The minimum Gasteiger partial charge on any atom is -0.354 e. The number of aryl methyl sites for hydroxylation is 2. The Morgan fingerprint density at radius 1 is 0.509 bits per heavy atom. The highest BCUT2D eigenvalue weighted by atomic mass is 32.1. The maximum absolute atomic E-state index is 3.87. The van der Waals surface area contributed by atoms with Gasteiger partial charge in [-0.2, -0.15) is 0 Å². The summed E-state index contributed by atoms with van der Waals surface area (Å²) in [4.78, 5) is 3.87. The van der Waals surface area contributed by atoms with Crippen LogP contribution >= 0.6 is 11.3 Å². The van der Waals surface area contributed by atoms with E-state index in [4.69, 9.17) is 0 Å². The maximum atomic E-state index is 3.87. The van der Waals surface area contributed by atoms with E-state index in [1.54, 1.807) is 0 Å². The van der Waals surface area contributed by atoms with Gasteiger partial charge in [-0.1, -0.05) is 153 Å². The van der Waals surface area contributed by atoms with E-state index < -0.39 is 0 Å². The van der Waals surface area contributed by atoms with Crippen molar-refractivity contribution in [3.05, 3.63) is 163 Å². The van der Waals surface area contributed by atoms with Crippen LogP contribution in [0.3, 0.4) is 0 Å². The first-order chi connectivity index (χ1) is 26.3. The number of fused-ring (bicyclic) bond motifs is 17. The van der Waals surface area contributed by atoms with E-state index in [0.717, 1.165) is 12.8 Å². The van der Waals surface area contributed by atoms with Gasteiger partial charge < -0.3 is 9.55 Å². The Bertz CT molecular complexity index is 3250. The van der Waals surface area contributed by atoms with Crippen LogP contribution in [-0.4, -0.2) is 9.55 Å². The molecule has 0 atom stereocenters. The number of benzene rings is 8. The molecule has 0 amide bonds. The first-order valence-electron chi connectivity index (χ1n) is 18.8. The predicted octanol–water partition coefficient (Wildman–Crippen LogP) is 14.4. The summed E-state index contributed by atoms with van der Waals surface area (Å²) >= 11 is 1.93. The molecule has 8 aromatic carbocycles. The Morgan fingerprint density at radius 2 is 1.15 bits per heavy atom. The highest BCUT2D eigenvalue weighted by molar-refractivity contribution is 7.27. The van der Waals surface area contributed by atoms with Gasteiger partial charge in [-0.05, 0) is 47.2 Å². The van der Waals surface area contributed by atoms with Gasteiger partial charge in [0, 0.05) is 69.0 Å². The lowest BCUT2D eigenvalue weighted by Gasteiger charge is -2.21. The second-order valence-corrected chi connectivity index (χ2v) is 15.0. The van der Waals surface area contributed by atoms with Crippen LogP contribution in [0.5, 0.6) is 0 Å². The molecular weight excluding hydrogens is 661 g/mol. The summed E-state index contributed by atoms with van der Waals surface area (Å²) in [6, 6.07) is 56.3. The summed E-state index contributed by atoms with van der Waals surface area (Å²) in [6.07, 6.45) is 2.04. The molecular formula is C50H36N2S. The van der Waals surface area contributed by atoms with Crippen molar-refractivity contribution in [2.45, 2.75) is 26.7 Å². The second kappa shape index (κ2) is 11.7. The van der Waals surface area contributed by atoms with Gasteiger partial charge in [-0.3, -0.25) is 0 Å². The lowest BCUT2D eigenvalue weighted by Crippen LogP contribution is -2.07. The largest absolute Gasteiger partial charge is 0.354 e. The van der Waals surface area contributed by atoms with Crippen LogP contribution < -0.4 is 0 Å². The first kappa shape index (κ1) is 30.5. The summed E-state index contributed by atoms with van der Waals surface area (Å²) in [5, 5.41) is 11.8. The lowest BCUT2D eigenvalue weighted by molar-refractivity contribution is 0.936. The smallest absolute Gasteiger partial charge is 0.0624 e. The predicted molar refractivity (Wildman–Crippen MR) is 230 cm³/mol. The molecule has 1 N–H and O–H groups in total. The van der Waals surface area contributed by atoms with Crippen molar-refractivity contribution >= 4 is 85.8 Å². The molecule has 0 saturated carbocycles. The molecule has 0 bridgehead atoms. The molecule has 0 aliphatic heterocycles. The summed E-state index contributed by atoms with van der Waals surface area (Å²) in [7, 11) is 0. The topological polar surface area (TPSA) is 20.7 Å². The molecule has 1 aliphatic rings. The number of H-pyrrole nitrogens is 1. The third kappa shape index (κ3) is 4.20. The van der Waals surface area contributed by atoms with Gasteiger partial charge in [-0.15, -0.1) is 11.3 Å². The Morgan fingerprint density at radius 3 is 2.00 bits per heavy atom. The van der Waals surface area contributed by atoms with Gasteiger partial charge in [0.15, 0.2) is 0 Å². The molecule has 252 valence electrons. The molecule has 0 spiro atoms. The monoisotopic (exact) mass is 696 g/mol. The van der Waals surface area contributed by atoms with Crippen molar-refractivity contribution in [3.63, 3.8) is 0 Å². The summed E-state index contributed by atoms with van der Waals surface area (Å²) in [5.41, 5.74) is 13.1. The van der Waals surface area contributed by atoms with Crippen LogP contribution in [0.15, 0.2) is 152 Å². The zero-order valence-corrected chi connectivity index (χ0v) is 30.5. The Balaban J connectivity index is 0.00000163. The maximum Gasteiger partial charge on any atom is 0.0624 e. The average molecular weight is 697 g/mol. The van der Waals surface area contributed by atoms with Crippen molar-refractivity contribution in [2.75, 3.05) is 0 Å². The Labute approximate surface area is 311 Å². The molecule has 0 radical (unpaired) electrons. The normalized spacial score (nSPS) is 12.6. The number of nitrogens with one attached hydrogen (secondary N) is 1. The molecule has 53 heavy (non-hydrogen) atoms. The standard InChI is InChI=1S/C48H30N2S.C2H6/c1-2-13-28(14-3-1)31-22-12-23-36-39-27-41(32-17-6-9-20-35(32)48(39)51-47(31)36)50-45-30-16-5-4-15-29(30)25-26-38(45)43-42-37-21-10-11-24-40(37)49-44(42)33-18-7-8-19-34(33)46(43)50;1-2/h1-24,27,49H,25-26H2;1-2H3. The molecule has 2 nitrogen and oxygen atoms in total. The van der Waals surface area contributed by atoms with Crippen molar-refractivity contribution in [1.82, 2.24) is 9.55 Å². The summed E-state index contributed by atoms with van der Waals surface area (Å²) < 4.78 is 5.36. The first-order valence-corrected chi connectivity index (χ1v) is 19.6. The van der Waals surface area contributed by atoms with E-state index in [-0.39, 0.29) is 0 Å². The van der Waals surface area contributed by atoms with Crippen LogP contribution in [0.25, 0.3) is 102 Å². The van der Waals surface area contributed by atoms with E-state index in [0.29, 0.717) is 0 Å². The van der Waals surface area contributed by atoms with Gasteiger partial charge >= 0.3 is 0 Å². The van der Waals surface area contributed by atoms with E-state index in [1.807, 2.05) is 25.2 Å². The van der Waals surface area contributed by atoms with Crippen LogP contribution in [-0.2, 0) is 12.8 Å². The molecule has 3 aromatic heterocycles. The lowest BCUT2D eigenvalue weighted by atomic mass is 9.87. The SMILES string of the molecule is CC.c1ccc(-c2cccc3c2sc2c4ccccc4c(-n4c5c(c6c7c8ccccc8[nH]c7c7ccccc7c64)CCc4ccccc4-5)cc32)cc1. The quantitative estimate of drug-likeness (QED) is 0.186. The highest BCUT2D eigenvalue weighted by Gasteiger charge is 2.30. The number of aromatic nitrogens is 2. The Kier molecular flexibility index (Phi) is 6.71. The van der Waals surface area contributed by atoms with Crippen LogP contribution in [0.4, 0.5) is 0 Å². The molecule has 11 aromatic rings. The fourth-order valence-corrected chi connectivity index (χ4v) is 10.6. The van der Waals surface area contributed by atoms with Crippen molar-refractivity contribution < 1.29 is 0 Å². The van der Waals surface area contributed by atoms with Gasteiger partial charge in [0.05, 0.1) is 22.4 Å². The van der Waals surface area contributed by atoms with Crippen LogP contribution in [0.1, 0.15) is 25.0 Å². The van der Waals surface area contributed by atoms with Gasteiger partial charge in [-0.25, -0.2) is 0 Å². The van der Waals surface area contributed by atoms with Crippen LogP contribution in [0.2, 0.25) is 0 Å². The zero-order valence-electron chi connectivity index (χ0n) is 29.7. The van der Waals surface area contributed by atoms with Crippen molar-refractivity contribution in [1.29, 1.82) is 0 Å². The number of para-hydroxylation sites is 1. The summed E-state index contributed by atoms with van der Waals surface area (Å²) in [5.74, 6) is 0. The minimum atomic E-state index is 1.00. The average Bonchev–Trinajstić information content (AvgIpc) is 3.92. The number of nitrogens with zero attached hydrogens (tertiary/aromatic N) is 1. The van der Waals surface area contributed by atoms with Gasteiger partial charge in [0.2, 0.25) is 0 Å². The fraction of sp³-hybridized carbons (Fsp3) is 0.0800.